The van der Waals surface area contributed by atoms with Crippen LogP contribution >= 0.6 is 30.1 Å². The predicted octanol–water partition coefficient (Wildman–Crippen LogP) is 3.09. The van der Waals surface area contributed by atoms with E-state index in [0.29, 0.717) is 11.1 Å². The lowest BCUT2D eigenvalue weighted by atomic mass is 10.1. The zero-order valence-electron chi connectivity index (χ0n) is 6.34. The summed E-state index contributed by atoms with van der Waals surface area (Å²) in [6, 6.07) is 6.09. The summed E-state index contributed by atoms with van der Waals surface area (Å²) in [5.41, 5.74) is 0.633. The minimum atomic E-state index is -0.447. The van der Waals surface area contributed by atoms with Crippen molar-refractivity contribution in [3.8, 4) is 17.2 Å². The molecule has 4 heteroatoms. The van der Waals surface area contributed by atoms with E-state index < -0.39 is 5.82 Å². The Morgan fingerprint density at radius 2 is 2.23 bits per heavy atom. The van der Waals surface area contributed by atoms with E-state index in [1.807, 2.05) is 27.3 Å². The molecule has 0 amide bonds. The van der Waals surface area contributed by atoms with Crippen molar-refractivity contribution in [2.45, 2.75) is 0 Å². The molecule has 1 aromatic rings. The van der Waals surface area contributed by atoms with Crippen LogP contribution in [0.1, 0.15) is 11.1 Å². The highest BCUT2D eigenvalue weighted by atomic mass is 127. The molecule has 0 unspecified atom stereocenters. The molecule has 0 bridgehead atoms. The van der Waals surface area contributed by atoms with E-state index >= 15 is 0 Å². The Morgan fingerprint density at radius 1 is 1.46 bits per heavy atom. The SMILES string of the molecule is N#Cc1ccc(C#CSI)c(F)c1. The normalized spacial score (nSPS) is 8.38. The largest absolute Gasteiger partial charge is 0.206 e. The van der Waals surface area contributed by atoms with Crippen LogP contribution in [0, 0.1) is 28.3 Å². The Labute approximate surface area is 91.9 Å². The Balaban J connectivity index is 3.07. The van der Waals surface area contributed by atoms with Gasteiger partial charge < -0.3 is 0 Å². The third-order valence-electron chi connectivity index (χ3n) is 1.32. The van der Waals surface area contributed by atoms with E-state index in [2.05, 4.69) is 11.2 Å². The quantitative estimate of drug-likeness (QED) is 0.543. The Kier molecular flexibility index (Phi) is 4.07. The standard InChI is InChI=1S/C9H3FINS/c10-9-5-7(6-12)1-2-8(9)3-4-13-11/h1-2,5H. The third kappa shape index (κ3) is 2.91. The van der Waals surface area contributed by atoms with Crippen molar-refractivity contribution >= 4 is 30.1 Å². The first-order valence-corrected chi connectivity index (χ1v) is 6.62. The molecule has 64 valence electrons. The van der Waals surface area contributed by atoms with Crippen LogP contribution in [0.15, 0.2) is 18.2 Å². The van der Waals surface area contributed by atoms with Crippen LogP contribution in [0.4, 0.5) is 4.39 Å². The summed E-state index contributed by atoms with van der Waals surface area (Å²) in [6.45, 7) is 0. The predicted molar refractivity (Wildman–Crippen MR) is 59.6 cm³/mol. The van der Waals surface area contributed by atoms with Crippen LogP contribution < -0.4 is 0 Å². The average Bonchev–Trinajstić information content (AvgIpc) is 2.16. The highest BCUT2D eigenvalue weighted by Crippen LogP contribution is 2.11. The maximum absolute atomic E-state index is 13.1. The summed E-state index contributed by atoms with van der Waals surface area (Å²) < 4.78 is 13.1. The first kappa shape index (κ1) is 10.4. The lowest BCUT2D eigenvalue weighted by Gasteiger charge is -1.93. The summed E-state index contributed by atoms with van der Waals surface area (Å²) in [7, 11) is 1.29. The van der Waals surface area contributed by atoms with Crippen molar-refractivity contribution in [1.29, 1.82) is 5.26 Å². The Morgan fingerprint density at radius 3 is 2.77 bits per heavy atom. The van der Waals surface area contributed by atoms with Gasteiger partial charge in [0.2, 0.25) is 0 Å². The maximum atomic E-state index is 13.1. The molecule has 0 radical (unpaired) electrons. The van der Waals surface area contributed by atoms with Gasteiger partial charge in [-0.25, -0.2) is 4.39 Å². The number of rotatable bonds is 0. The number of nitriles is 1. The minimum absolute atomic E-state index is 0.310. The van der Waals surface area contributed by atoms with Gasteiger partial charge in [-0.1, -0.05) is 5.92 Å². The van der Waals surface area contributed by atoms with Crippen molar-refractivity contribution in [3.05, 3.63) is 35.1 Å². The zero-order chi connectivity index (χ0) is 9.68. The summed E-state index contributed by atoms with van der Waals surface area (Å²) >= 11 is 2.01. The summed E-state index contributed by atoms with van der Waals surface area (Å²) in [4.78, 5) is 0. The Hall–Kier alpha value is -0.720. The summed E-state index contributed by atoms with van der Waals surface area (Å²) in [6.07, 6.45) is 0. The van der Waals surface area contributed by atoms with Crippen LogP contribution in [0.3, 0.4) is 0 Å². The maximum Gasteiger partial charge on any atom is 0.140 e. The molecule has 0 aliphatic heterocycles. The van der Waals surface area contributed by atoms with Crippen LogP contribution in [-0.4, -0.2) is 0 Å². The average molecular weight is 303 g/mol. The van der Waals surface area contributed by atoms with E-state index in [-0.39, 0.29) is 0 Å². The van der Waals surface area contributed by atoms with Crippen LogP contribution in [0.2, 0.25) is 0 Å². The fourth-order valence-electron chi connectivity index (χ4n) is 0.760. The number of nitrogens with zero attached hydrogens (tertiary/aromatic N) is 1. The third-order valence-corrected chi connectivity index (χ3v) is 2.16. The highest BCUT2D eigenvalue weighted by Gasteiger charge is 1.99. The zero-order valence-corrected chi connectivity index (χ0v) is 9.32. The Bertz CT molecular complexity index is 414. The van der Waals surface area contributed by atoms with Crippen molar-refractivity contribution in [2.24, 2.45) is 0 Å². The molecule has 1 aromatic carbocycles. The molecule has 0 aromatic heterocycles. The molecule has 0 fully saturated rings. The lowest BCUT2D eigenvalue weighted by Crippen LogP contribution is -1.84. The minimum Gasteiger partial charge on any atom is -0.206 e. The van der Waals surface area contributed by atoms with Gasteiger partial charge in [-0.15, -0.1) is 0 Å². The van der Waals surface area contributed by atoms with Gasteiger partial charge in [-0.05, 0) is 32.4 Å². The molecule has 0 saturated carbocycles. The monoisotopic (exact) mass is 303 g/mol. The topological polar surface area (TPSA) is 23.8 Å². The highest BCUT2D eigenvalue weighted by molar-refractivity contribution is 14.2. The second kappa shape index (κ2) is 5.11. The lowest BCUT2D eigenvalue weighted by molar-refractivity contribution is 0.624. The summed E-state index contributed by atoms with van der Waals surface area (Å²) in [5, 5.41) is 11.1. The van der Waals surface area contributed by atoms with Crippen molar-refractivity contribution in [2.75, 3.05) is 0 Å². The van der Waals surface area contributed by atoms with Gasteiger partial charge in [-0.2, -0.15) is 5.26 Å². The van der Waals surface area contributed by atoms with Gasteiger partial charge in [0.15, 0.2) is 0 Å². The van der Waals surface area contributed by atoms with Crippen LogP contribution in [-0.2, 0) is 0 Å². The second-order valence-electron chi connectivity index (χ2n) is 2.11. The molecule has 1 rings (SSSR count). The van der Waals surface area contributed by atoms with Gasteiger partial charge in [-0.3, -0.25) is 0 Å². The van der Waals surface area contributed by atoms with Gasteiger partial charge in [0.05, 0.1) is 17.2 Å². The molecule has 0 aliphatic carbocycles. The first-order valence-electron chi connectivity index (χ1n) is 3.26. The van der Waals surface area contributed by atoms with Crippen LogP contribution in [0.5, 0.6) is 0 Å². The first-order chi connectivity index (χ1) is 6.27. The molecule has 0 N–H and O–H groups in total. The van der Waals surface area contributed by atoms with E-state index in [4.69, 9.17) is 5.26 Å². The van der Waals surface area contributed by atoms with Gasteiger partial charge >= 0.3 is 0 Å². The van der Waals surface area contributed by atoms with Crippen LogP contribution in [0.25, 0.3) is 0 Å². The number of benzene rings is 1. The number of hydrogen-bond donors (Lipinski definition) is 0. The van der Waals surface area contributed by atoms with E-state index in [9.17, 15) is 4.39 Å². The van der Waals surface area contributed by atoms with E-state index in [0.717, 1.165) is 0 Å². The van der Waals surface area contributed by atoms with E-state index in [1.54, 1.807) is 6.07 Å². The molecule has 13 heavy (non-hydrogen) atoms. The van der Waals surface area contributed by atoms with Gasteiger partial charge in [0.25, 0.3) is 0 Å². The van der Waals surface area contributed by atoms with Crippen molar-refractivity contribution in [1.82, 2.24) is 0 Å². The molecule has 0 saturated heterocycles. The van der Waals surface area contributed by atoms with Gasteiger partial charge in [0, 0.05) is 21.2 Å². The molecule has 0 aliphatic rings. The molecular formula is C9H3FINS. The fraction of sp³-hybridized carbons (Fsp3) is 0. The van der Waals surface area contributed by atoms with Crippen molar-refractivity contribution in [3.63, 3.8) is 0 Å². The smallest absolute Gasteiger partial charge is 0.140 e. The number of hydrogen-bond acceptors (Lipinski definition) is 2. The number of halogens is 2. The summed E-state index contributed by atoms with van der Waals surface area (Å²) in [5.74, 6) is 2.19. The van der Waals surface area contributed by atoms with E-state index in [1.165, 1.54) is 21.1 Å². The van der Waals surface area contributed by atoms with Gasteiger partial charge in [0.1, 0.15) is 5.82 Å². The fourth-order valence-corrected chi connectivity index (χ4v) is 1.24. The molecule has 0 heterocycles. The molecule has 0 atom stereocenters. The molecular weight excluding hydrogens is 300 g/mol. The molecule has 0 spiro atoms. The molecule has 1 nitrogen and oxygen atoms in total. The van der Waals surface area contributed by atoms with Crippen molar-refractivity contribution < 1.29 is 4.39 Å². The second-order valence-corrected chi connectivity index (χ2v) is 3.79.